The van der Waals surface area contributed by atoms with Crippen LogP contribution in [-0.4, -0.2) is 12.1 Å². The van der Waals surface area contributed by atoms with Crippen LogP contribution in [0.25, 0.3) is 0 Å². The second-order valence-corrected chi connectivity index (χ2v) is 2.89. The molecular weight excluding hydrogens is 238 g/mol. The van der Waals surface area contributed by atoms with Gasteiger partial charge in [0.2, 0.25) is 0 Å². The Kier molecular flexibility index (Phi) is 5.11. The summed E-state index contributed by atoms with van der Waals surface area (Å²) in [7, 11) is 0. The van der Waals surface area contributed by atoms with Gasteiger partial charge < -0.3 is 0 Å². The summed E-state index contributed by atoms with van der Waals surface area (Å²) in [5.74, 6) is -0.118. The SMILES string of the molecule is CC(=O)c1cccc(S)c1C=O.[Zn]. The van der Waals surface area contributed by atoms with E-state index < -0.39 is 0 Å². The van der Waals surface area contributed by atoms with Crippen LogP contribution in [0.15, 0.2) is 23.1 Å². The van der Waals surface area contributed by atoms with Gasteiger partial charge in [0.1, 0.15) is 0 Å². The van der Waals surface area contributed by atoms with Gasteiger partial charge in [-0.05, 0) is 13.0 Å². The molecule has 0 radical (unpaired) electrons. The van der Waals surface area contributed by atoms with Crippen molar-refractivity contribution in [1.82, 2.24) is 0 Å². The summed E-state index contributed by atoms with van der Waals surface area (Å²) in [5.41, 5.74) is 0.797. The van der Waals surface area contributed by atoms with Crippen LogP contribution in [0.2, 0.25) is 0 Å². The van der Waals surface area contributed by atoms with Crippen LogP contribution < -0.4 is 0 Å². The van der Waals surface area contributed by atoms with Gasteiger partial charge in [0, 0.05) is 35.5 Å². The van der Waals surface area contributed by atoms with E-state index in [9.17, 15) is 9.59 Å². The van der Waals surface area contributed by atoms with Crippen molar-refractivity contribution in [2.24, 2.45) is 0 Å². The van der Waals surface area contributed by atoms with E-state index in [1.54, 1.807) is 18.2 Å². The molecule has 0 saturated heterocycles. The Labute approximate surface area is 94.9 Å². The van der Waals surface area contributed by atoms with Crippen LogP contribution >= 0.6 is 12.6 Å². The first-order valence-corrected chi connectivity index (χ1v) is 3.89. The van der Waals surface area contributed by atoms with Crippen LogP contribution in [0, 0.1) is 0 Å². The molecule has 0 atom stereocenters. The molecule has 0 saturated carbocycles. The minimum absolute atomic E-state index is 0. The van der Waals surface area contributed by atoms with E-state index >= 15 is 0 Å². The topological polar surface area (TPSA) is 34.1 Å². The molecule has 2 nitrogen and oxygen atoms in total. The first kappa shape index (κ1) is 12.5. The van der Waals surface area contributed by atoms with E-state index in [1.165, 1.54) is 6.92 Å². The number of rotatable bonds is 2. The number of Topliss-reactive ketones (excluding diaryl/α,β-unsaturated/α-hetero) is 1. The molecule has 0 aromatic heterocycles. The van der Waals surface area contributed by atoms with Gasteiger partial charge in [0.25, 0.3) is 0 Å². The Hall–Kier alpha value is -0.467. The number of carbonyl (C=O) groups is 2. The quantitative estimate of drug-likeness (QED) is 0.374. The molecule has 13 heavy (non-hydrogen) atoms. The molecular formula is C9H8O2SZn. The van der Waals surface area contributed by atoms with Gasteiger partial charge in [-0.25, -0.2) is 0 Å². The first-order valence-electron chi connectivity index (χ1n) is 3.45. The molecule has 0 heterocycles. The zero-order valence-electron chi connectivity index (χ0n) is 7.28. The van der Waals surface area contributed by atoms with E-state index in [4.69, 9.17) is 0 Å². The van der Waals surface area contributed by atoms with Crippen LogP contribution in [0.5, 0.6) is 0 Å². The summed E-state index contributed by atoms with van der Waals surface area (Å²) in [6, 6.07) is 5.00. The fraction of sp³-hybridized carbons (Fsp3) is 0.111. The number of thiol groups is 1. The van der Waals surface area contributed by atoms with Crippen molar-refractivity contribution in [1.29, 1.82) is 0 Å². The summed E-state index contributed by atoms with van der Waals surface area (Å²) in [6.07, 6.45) is 0.652. The maximum absolute atomic E-state index is 11.0. The van der Waals surface area contributed by atoms with E-state index in [-0.39, 0.29) is 25.3 Å². The van der Waals surface area contributed by atoms with E-state index in [2.05, 4.69) is 12.6 Å². The Morgan fingerprint density at radius 1 is 1.46 bits per heavy atom. The molecule has 1 aromatic carbocycles. The van der Waals surface area contributed by atoms with E-state index in [0.717, 1.165) is 0 Å². The third-order valence-electron chi connectivity index (χ3n) is 1.58. The van der Waals surface area contributed by atoms with Gasteiger partial charge in [0.05, 0.1) is 0 Å². The number of hydrogen-bond donors (Lipinski definition) is 1. The molecule has 4 heteroatoms. The smallest absolute Gasteiger partial charge is 0.160 e. The average Bonchev–Trinajstić information content (AvgIpc) is 2.03. The summed E-state index contributed by atoms with van der Waals surface area (Å²) >= 11 is 4.06. The number of carbonyl (C=O) groups excluding carboxylic acids is 2. The van der Waals surface area contributed by atoms with E-state index in [0.29, 0.717) is 22.3 Å². The third kappa shape index (κ3) is 2.75. The average molecular weight is 246 g/mol. The monoisotopic (exact) mass is 244 g/mol. The van der Waals surface area contributed by atoms with Gasteiger partial charge in [-0.1, -0.05) is 12.1 Å². The molecule has 0 unspecified atom stereocenters. The van der Waals surface area contributed by atoms with Crippen molar-refractivity contribution in [3.63, 3.8) is 0 Å². The second kappa shape index (κ2) is 5.30. The Bertz CT molecular complexity index is 336. The molecule has 0 N–H and O–H groups in total. The van der Waals surface area contributed by atoms with Crippen LogP contribution in [0.3, 0.4) is 0 Å². The van der Waals surface area contributed by atoms with Crippen LogP contribution in [0.4, 0.5) is 0 Å². The summed E-state index contributed by atoms with van der Waals surface area (Å²) in [6.45, 7) is 1.43. The zero-order valence-corrected chi connectivity index (χ0v) is 11.1. The van der Waals surface area contributed by atoms with Crippen molar-refractivity contribution >= 4 is 24.7 Å². The van der Waals surface area contributed by atoms with Crippen molar-refractivity contribution in [2.45, 2.75) is 11.8 Å². The minimum Gasteiger partial charge on any atom is -0.298 e. The fourth-order valence-corrected chi connectivity index (χ4v) is 1.24. The first-order chi connectivity index (χ1) is 5.66. The molecule has 1 aromatic rings. The predicted octanol–water partition coefficient (Wildman–Crippen LogP) is 1.99. The number of hydrogen-bond acceptors (Lipinski definition) is 3. The zero-order chi connectivity index (χ0) is 9.14. The third-order valence-corrected chi connectivity index (χ3v) is 1.97. The van der Waals surface area contributed by atoms with Gasteiger partial charge >= 0.3 is 0 Å². The minimum atomic E-state index is -0.118. The van der Waals surface area contributed by atoms with Gasteiger partial charge in [-0.15, -0.1) is 12.6 Å². The Morgan fingerprint density at radius 3 is 2.46 bits per heavy atom. The molecule has 0 fully saturated rings. The van der Waals surface area contributed by atoms with Gasteiger partial charge in [-0.2, -0.15) is 0 Å². The predicted molar refractivity (Wildman–Crippen MR) is 49.1 cm³/mol. The molecule has 0 aliphatic rings. The van der Waals surface area contributed by atoms with Crippen LogP contribution in [0.1, 0.15) is 27.6 Å². The number of benzene rings is 1. The van der Waals surface area contributed by atoms with E-state index in [1.807, 2.05) is 0 Å². The normalized spacial score (nSPS) is 8.77. The Balaban J connectivity index is 0.00000144. The van der Waals surface area contributed by atoms with Crippen LogP contribution in [-0.2, 0) is 19.5 Å². The molecule has 0 aliphatic heterocycles. The van der Waals surface area contributed by atoms with Gasteiger partial charge in [0.15, 0.2) is 12.1 Å². The standard InChI is InChI=1S/C9H8O2S.Zn/c1-6(11)7-3-2-4-9(12)8(7)5-10;/h2-5,12H,1H3;. The molecule has 0 bridgehead atoms. The van der Waals surface area contributed by atoms with Crippen molar-refractivity contribution < 1.29 is 29.1 Å². The Morgan fingerprint density at radius 2 is 2.08 bits per heavy atom. The van der Waals surface area contributed by atoms with Crippen molar-refractivity contribution in [2.75, 3.05) is 0 Å². The molecule has 0 spiro atoms. The maximum atomic E-state index is 11.0. The molecule has 64 valence electrons. The summed E-state index contributed by atoms with van der Waals surface area (Å²) in [4.78, 5) is 22.1. The summed E-state index contributed by atoms with van der Waals surface area (Å²) in [5, 5.41) is 0. The summed E-state index contributed by atoms with van der Waals surface area (Å²) < 4.78 is 0. The number of ketones is 1. The number of aldehydes is 1. The van der Waals surface area contributed by atoms with Crippen molar-refractivity contribution in [3.05, 3.63) is 29.3 Å². The van der Waals surface area contributed by atoms with Crippen molar-refractivity contribution in [3.8, 4) is 0 Å². The van der Waals surface area contributed by atoms with Gasteiger partial charge in [-0.3, -0.25) is 9.59 Å². The molecule has 1 rings (SSSR count). The largest absolute Gasteiger partial charge is 0.298 e. The maximum Gasteiger partial charge on any atom is 0.160 e. The fourth-order valence-electron chi connectivity index (χ4n) is 0.984. The molecule has 0 amide bonds. The second-order valence-electron chi connectivity index (χ2n) is 2.41. The molecule has 0 aliphatic carbocycles.